The third kappa shape index (κ3) is 1.65. The number of fused-ring (bicyclic) bond motifs is 1. The molecule has 3 nitrogen and oxygen atoms in total. The van der Waals surface area contributed by atoms with Crippen LogP contribution in [0.2, 0.25) is 5.02 Å². The molecule has 4 heteroatoms. The van der Waals surface area contributed by atoms with Crippen molar-refractivity contribution in [3.63, 3.8) is 0 Å². The molecule has 1 aromatic carbocycles. The molecule has 1 heterocycles. The molecule has 1 aliphatic rings. The first-order chi connectivity index (χ1) is 8.66. The fraction of sp³-hybridized carbons (Fsp3) is 0.500. The van der Waals surface area contributed by atoms with Crippen LogP contribution in [0, 0.1) is 0 Å². The number of hydrogen-bond donors (Lipinski definition) is 1. The van der Waals surface area contributed by atoms with Gasteiger partial charge >= 0.3 is 0 Å². The fourth-order valence-corrected chi connectivity index (χ4v) is 3.38. The second-order valence-corrected chi connectivity index (χ2v) is 5.76. The summed E-state index contributed by atoms with van der Waals surface area (Å²) < 4.78 is 2.18. The molecule has 0 saturated heterocycles. The largest absolute Gasteiger partial charge is 0.331 e. The highest BCUT2D eigenvalue weighted by atomic mass is 35.5. The molecule has 1 fully saturated rings. The lowest BCUT2D eigenvalue weighted by Crippen LogP contribution is -2.34. The lowest BCUT2D eigenvalue weighted by molar-refractivity contribution is 0.414. The van der Waals surface area contributed by atoms with Gasteiger partial charge in [-0.25, -0.2) is 4.98 Å². The van der Waals surface area contributed by atoms with Crippen molar-refractivity contribution in [2.75, 3.05) is 6.54 Å². The van der Waals surface area contributed by atoms with Gasteiger partial charge in [-0.05, 0) is 31.0 Å². The SMILES string of the molecule is Cn1c(C2(CN)CCCC2)nc2cc(Cl)ccc21. The molecule has 0 radical (unpaired) electrons. The van der Waals surface area contributed by atoms with E-state index in [1.807, 2.05) is 18.2 Å². The molecule has 1 aliphatic carbocycles. The highest BCUT2D eigenvalue weighted by Gasteiger charge is 2.38. The molecule has 0 bridgehead atoms. The summed E-state index contributed by atoms with van der Waals surface area (Å²) >= 11 is 6.03. The quantitative estimate of drug-likeness (QED) is 0.905. The number of halogens is 1. The van der Waals surface area contributed by atoms with Crippen LogP contribution in [-0.4, -0.2) is 16.1 Å². The van der Waals surface area contributed by atoms with Gasteiger partial charge in [0.05, 0.1) is 11.0 Å². The van der Waals surface area contributed by atoms with E-state index in [0.717, 1.165) is 34.7 Å². The third-order valence-corrected chi connectivity index (χ3v) is 4.50. The van der Waals surface area contributed by atoms with Gasteiger partial charge in [-0.3, -0.25) is 0 Å². The Bertz CT molecular complexity index is 582. The summed E-state index contributed by atoms with van der Waals surface area (Å²) in [6.07, 6.45) is 4.80. The molecule has 0 spiro atoms. The third-order valence-electron chi connectivity index (χ3n) is 4.27. The minimum atomic E-state index is 0.0697. The molecule has 0 amide bonds. The first kappa shape index (κ1) is 12.0. The number of nitrogens with two attached hydrogens (primary N) is 1. The van der Waals surface area contributed by atoms with Crippen molar-refractivity contribution < 1.29 is 0 Å². The minimum Gasteiger partial charge on any atom is -0.331 e. The molecule has 0 aliphatic heterocycles. The summed E-state index contributed by atoms with van der Waals surface area (Å²) in [7, 11) is 2.08. The Labute approximate surface area is 112 Å². The number of hydrogen-bond acceptors (Lipinski definition) is 2. The van der Waals surface area contributed by atoms with Crippen molar-refractivity contribution in [1.29, 1.82) is 0 Å². The molecule has 2 N–H and O–H groups in total. The van der Waals surface area contributed by atoms with Crippen molar-refractivity contribution >= 4 is 22.6 Å². The van der Waals surface area contributed by atoms with Crippen molar-refractivity contribution in [3.05, 3.63) is 29.0 Å². The average molecular weight is 264 g/mol. The van der Waals surface area contributed by atoms with Gasteiger partial charge in [0.2, 0.25) is 0 Å². The number of imidazole rings is 1. The number of aromatic nitrogens is 2. The van der Waals surface area contributed by atoms with E-state index in [-0.39, 0.29) is 5.41 Å². The van der Waals surface area contributed by atoms with Crippen LogP contribution in [0.1, 0.15) is 31.5 Å². The van der Waals surface area contributed by atoms with Gasteiger partial charge in [0, 0.05) is 24.0 Å². The number of benzene rings is 1. The molecular weight excluding hydrogens is 246 g/mol. The van der Waals surface area contributed by atoms with Gasteiger partial charge in [0.15, 0.2) is 0 Å². The van der Waals surface area contributed by atoms with E-state index in [1.54, 1.807) is 0 Å². The van der Waals surface area contributed by atoms with E-state index < -0.39 is 0 Å². The van der Waals surface area contributed by atoms with E-state index >= 15 is 0 Å². The molecule has 1 saturated carbocycles. The Hall–Kier alpha value is -1.06. The van der Waals surface area contributed by atoms with Crippen LogP contribution in [0.5, 0.6) is 0 Å². The van der Waals surface area contributed by atoms with Crippen molar-refractivity contribution in [3.8, 4) is 0 Å². The van der Waals surface area contributed by atoms with Crippen LogP contribution < -0.4 is 5.73 Å². The molecule has 0 unspecified atom stereocenters. The highest BCUT2D eigenvalue weighted by molar-refractivity contribution is 6.31. The molecule has 0 atom stereocenters. The minimum absolute atomic E-state index is 0.0697. The maximum Gasteiger partial charge on any atom is 0.117 e. The Morgan fingerprint density at radius 2 is 2.11 bits per heavy atom. The Morgan fingerprint density at radius 3 is 2.78 bits per heavy atom. The molecular formula is C14H18ClN3. The van der Waals surface area contributed by atoms with Gasteiger partial charge in [-0.1, -0.05) is 24.4 Å². The smallest absolute Gasteiger partial charge is 0.117 e. The summed E-state index contributed by atoms with van der Waals surface area (Å²) in [6, 6.07) is 5.88. The highest BCUT2D eigenvalue weighted by Crippen LogP contribution is 2.40. The molecule has 3 rings (SSSR count). The summed E-state index contributed by atoms with van der Waals surface area (Å²) in [6.45, 7) is 0.678. The Kier molecular flexibility index (Phi) is 2.83. The number of rotatable bonds is 2. The monoisotopic (exact) mass is 263 g/mol. The first-order valence-electron chi connectivity index (χ1n) is 6.49. The van der Waals surface area contributed by atoms with Crippen LogP contribution >= 0.6 is 11.6 Å². The Morgan fingerprint density at radius 1 is 1.39 bits per heavy atom. The van der Waals surface area contributed by atoms with E-state index in [0.29, 0.717) is 6.54 Å². The molecule has 18 heavy (non-hydrogen) atoms. The topological polar surface area (TPSA) is 43.8 Å². The van der Waals surface area contributed by atoms with Gasteiger partial charge in [0.25, 0.3) is 0 Å². The normalized spacial score (nSPS) is 18.6. The number of aryl methyl sites for hydroxylation is 1. The van der Waals surface area contributed by atoms with Crippen LogP contribution in [0.15, 0.2) is 18.2 Å². The van der Waals surface area contributed by atoms with Crippen LogP contribution in [0.3, 0.4) is 0 Å². The standard InChI is InChI=1S/C14H18ClN3/c1-18-12-5-4-10(15)8-11(12)17-13(18)14(9-16)6-2-3-7-14/h4-5,8H,2-3,6-7,9,16H2,1H3. The van der Waals surface area contributed by atoms with Crippen LogP contribution in [0.25, 0.3) is 11.0 Å². The van der Waals surface area contributed by atoms with Gasteiger partial charge in [-0.2, -0.15) is 0 Å². The summed E-state index contributed by atoms with van der Waals surface area (Å²) in [5, 5.41) is 0.736. The zero-order chi connectivity index (χ0) is 12.8. The fourth-order valence-electron chi connectivity index (χ4n) is 3.22. The van der Waals surface area contributed by atoms with Gasteiger partial charge < -0.3 is 10.3 Å². The van der Waals surface area contributed by atoms with E-state index in [2.05, 4.69) is 11.6 Å². The van der Waals surface area contributed by atoms with Crippen molar-refractivity contribution in [2.45, 2.75) is 31.1 Å². The lowest BCUT2D eigenvalue weighted by atomic mass is 9.85. The van der Waals surface area contributed by atoms with Gasteiger partial charge in [0.1, 0.15) is 5.82 Å². The maximum atomic E-state index is 6.04. The van der Waals surface area contributed by atoms with Crippen LogP contribution in [0.4, 0.5) is 0 Å². The van der Waals surface area contributed by atoms with Gasteiger partial charge in [-0.15, -0.1) is 0 Å². The summed E-state index contributed by atoms with van der Waals surface area (Å²) in [5.41, 5.74) is 8.22. The maximum absolute atomic E-state index is 6.04. The number of nitrogens with zero attached hydrogens (tertiary/aromatic N) is 2. The van der Waals surface area contributed by atoms with Crippen LogP contribution in [-0.2, 0) is 12.5 Å². The molecule has 2 aromatic rings. The first-order valence-corrected chi connectivity index (χ1v) is 6.87. The summed E-state index contributed by atoms with van der Waals surface area (Å²) in [4.78, 5) is 4.80. The van der Waals surface area contributed by atoms with Crippen molar-refractivity contribution in [2.24, 2.45) is 12.8 Å². The second-order valence-electron chi connectivity index (χ2n) is 5.32. The van der Waals surface area contributed by atoms with E-state index in [9.17, 15) is 0 Å². The van der Waals surface area contributed by atoms with E-state index in [1.165, 1.54) is 12.8 Å². The molecule has 96 valence electrons. The molecule has 1 aromatic heterocycles. The second kappa shape index (κ2) is 4.25. The predicted molar refractivity (Wildman–Crippen MR) is 74.9 cm³/mol. The van der Waals surface area contributed by atoms with Crippen molar-refractivity contribution in [1.82, 2.24) is 9.55 Å². The summed E-state index contributed by atoms with van der Waals surface area (Å²) in [5.74, 6) is 1.12. The lowest BCUT2D eigenvalue weighted by Gasteiger charge is -2.26. The average Bonchev–Trinajstić information content (AvgIpc) is 2.95. The Balaban J connectivity index is 2.20. The zero-order valence-electron chi connectivity index (χ0n) is 10.6. The zero-order valence-corrected chi connectivity index (χ0v) is 11.4. The van der Waals surface area contributed by atoms with E-state index in [4.69, 9.17) is 22.3 Å². The predicted octanol–water partition coefficient (Wildman–Crippen LogP) is 3.00.